The Bertz CT molecular complexity index is 796. The fourth-order valence-electron chi connectivity index (χ4n) is 3.76. The zero-order chi connectivity index (χ0) is 21.3. The summed E-state index contributed by atoms with van der Waals surface area (Å²) in [6.07, 6.45) is 3.44. The Morgan fingerprint density at radius 1 is 1.20 bits per heavy atom. The van der Waals surface area contributed by atoms with Crippen LogP contribution in [0, 0.1) is 0 Å². The van der Waals surface area contributed by atoms with Crippen molar-refractivity contribution in [2.75, 3.05) is 40.3 Å². The second-order valence-electron chi connectivity index (χ2n) is 7.99. The summed E-state index contributed by atoms with van der Waals surface area (Å²) in [5.74, 6) is 2.23. The van der Waals surface area contributed by atoms with Crippen LogP contribution in [0.4, 0.5) is 0 Å². The third-order valence-electron chi connectivity index (χ3n) is 5.51. The van der Waals surface area contributed by atoms with E-state index in [2.05, 4.69) is 51.9 Å². The predicted octanol–water partition coefficient (Wildman–Crippen LogP) is 3.82. The molecule has 1 aliphatic heterocycles. The topological polar surface area (TPSA) is 61.8 Å². The summed E-state index contributed by atoms with van der Waals surface area (Å²) >= 11 is 1.75. The number of ether oxygens (including phenoxy) is 1. The summed E-state index contributed by atoms with van der Waals surface area (Å²) in [6, 6.07) is 8.77. The lowest BCUT2D eigenvalue weighted by Gasteiger charge is -2.29. The first kappa shape index (κ1) is 22.6. The number of benzene rings is 1. The van der Waals surface area contributed by atoms with Crippen LogP contribution in [0.5, 0.6) is 5.75 Å². The largest absolute Gasteiger partial charge is 0.497 e. The van der Waals surface area contributed by atoms with Crippen LogP contribution in [0.25, 0.3) is 0 Å². The molecule has 0 radical (unpaired) electrons. The molecule has 0 aliphatic carbocycles. The number of nitrogens with zero attached hydrogens (tertiary/aromatic N) is 3. The molecular formula is C23H35N5OS. The lowest BCUT2D eigenvalue weighted by atomic mass is 10.1. The van der Waals surface area contributed by atoms with E-state index in [1.54, 1.807) is 18.4 Å². The van der Waals surface area contributed by atoms with Crippen LogP contribution in [0.15, 0.2) is 34.6 Å². The van der Waals surface area contributed by atoms with Crippen molar-refractivity contribution in [2.24, 2.45) is 4.99 Å². The van der Waals surface area contributed by atoms with Gasteiger partial charge in [-0.15, -0.1) is 11.3 Å². The maximum atomic E-state index is 5.32. The Kier molecular flexibility index (Phi) is 8.51. The van der Waals surface area contributed by atoms with Gasteiger partial charge in [-0.3, -0.25) is 9.89 Å². The molecular weight excluding hydrogens is 394 g/mol. The molecule has 30 heavy (non-hydrogen) atoms. The SMILES string of the molecule is CN=C(NCCc1csc(C(C)C)n1)NCC(c1ccc(OC)cc1)N1CCCC1. The lowest BCUT2D eigenvalue weighted by molar-refractivity contribution is 0.245. The molecule has 1 unspecified atom stereocenters. The quantitative estimate of drug-likeness (QED) is 0.469. The number of rotatable bonds is 9. The molecule has 1 atom stereocenters. The number of likely N-dealkylation sites (tertiary alicyclic amines) is 1. The Morgan fingerprint density at radius 3 is 2.53 bits per heavy atom. The summed E-state index contributed by atoms with van der Waals surface area (Å²) in [4.78, 5) is 11.7. The molecule has 7 heteroatoms. The van der Waals surface area contributed by atoms with E-state index in [1.165, 1.54) is 23.4 Å². The minimum absolute atomic E-state index is 0.323. The summed E-state index contributed by atoms with van der Waals surface area (Å²) < 4.78 is 5.32. The molecule has 1 aromatic carbocycles. The van der Waals surface area contributed by atoms with Crippen LogP contribution < -0.4 is 15.4 Å². The van der Waals surface area contributed by atoms with E-state index in [0.29, 0.717) is 12.0 Å². The van der Waals surface area contributed by atoms with E-state index >= 15 is 0 Å². The molecule has 0 bridgehead atoms. The highest BCUT2D eigenvalue weighted by Crippen LogP contribution is 2.26. The van der Waals surface area contributed by atoms with Gasteiger partial charge in [-0.1, -0.05) is 26.0 Å². The average molecular weight is 430 g/mol. The van der Waals surface area contributed by atoms with Crippen molar-refractivity contribution in [3.05, 3.63) is 45.9 Å². The summed E-state index contributed by atoms with van der Waals surface area (Å²) in [7, 11) is 3.53. The van der Waals surface area contributed by atoms with Gasteiger partial charge in [0.25, 0.3) is 0 Å². The van der Waals surface area contributed by atoms with Crippen molar-refractivity contribution in [3.8, 4) is 5.75 Å². The van der Waals surface area contributed by atoms with Gasteiger partial charge in [-0.05, 0) is 43.6 Å². The molecule has 1 saturated heterocycles. The van der Waals surface area contributed by atoms with E-state index in [-0.39, 0.29) is 0 Å². The molecule has 0 amide bonds. The summed E-state index contributed by atoms with van der Waals surface area (Å²) in [6.45, 7) is 8.30. The predicted molar refractivity (Wildman–Crippen MR) is 126 cm³/mol. The maximum Gasteiger partial charge on any atom is 0.191 e. The zero-order valence-corrected chi connectivity index (χ0v) is 19.5. The number of hydrogen-bond acceptors (Lipinski definition) is 5. The highest BCUT2D eigenvalue weighted by Gasteiger charge is 2.23. The molecule has 164 valence electrons. The van der Waals surface area contributed by atoms with Crippen LogP contribution in [0.1, 0.15) is 54.9 Å². The first-order chi connectivity index (χ1) is 14.6. The first-order valence-corrected chi connectivity index (χ1v) is 11.8. The van der Waals surface area contributed by atoms with Crippen LogP contribution in [-0.2, 0) is 6.42 Å². The highest BCUT2D eigenvalue weighted by atomic mass is 32.1. The highest BCUT2D eigenvalue weighted by molar-refractivity contribution is 7.09. The van der Waals surface area contributed by atoms with Crippen molar-refractivity contribution >= 4 is 17.3 Å². The van der Waals surface area contributed by atoms with Crippen molar-refractivity contribution in [1.29, 1.82) is 0 Å². The molecule has 1 fully saturated rings. The van der Waals surface area contributed by atoms with Crippen LogP contribution in [0.3, 0.4) is 0 Å². The molecule has 0 spiro atoms. The number of thiazole rings is 1. The van der Waals surface area contributed by atoms with Crippen molar-refractivity contribution < 1.29 is 4.74 Å². The lowest BCUT2D eigenvalue weighted by Crippen LogP contribution is -2.43. The Hall–Kier alpha value is -2.12. The fraction of sp³-hybridized carbons (Fsp3) is 0.565. The Balaban J connectivity index is 1.54. The second kappa shape index (κ2) is 11.3. The average Bonchev–Trinajstić information content (AvgIpc) is 3.45. The summed E-state index contributed by atoms with van der Waals surface area (Å²) in [5, 5.41) is 10.3. The summed E-state index contributed by atoms with van der Waals surface area (Å²) in [5.41, 5.74) is 2.46. The van der Waals surface area contributed by atoms with Crippen LogP contribution in [-0.4, -0.2) is 56.2 Å². The third kappa shape index (κ3) is 6.19. The number of hydrogen-bond donors (Lipinski definition) is 2. The maximum absolute atomic E-state index is 5.32. The van der Waals surface area contributed by atoms with Crippen molar-refractivity contribution in [3.63, 3.8) is 0 Å². The van der Waals surface area contributed by atoms with Crippen LogP contribution >= 0.6 is 11.3 Å². The third-order valence-corrected chi connectivity index (χ3v) is 6.70. The first-order valence-electron chi connectivity index (χ1n) is 10.9. The number of aromatic nitrogens is 1. The van der Waals surface area contributed by atoms with Gasteiger partial charge in [0.05, 0.1) is 23.9 Å². The number of methoxy groups -OCH3 is 1. The molecule has 2 N–H and O–H groups in total. The Labute approximate surface area is 184 Å². The molecule has 1 aromatic heterocycles. The molecule has 3 rings (SSSR count). The van der Waals surface area contributed by atoms with E-state index < -0.39 is 0 Å². The Morgan fingerprint density at radius 2 is 1.93 bits per heavy atom. The minimum atomic E-state index is 0.323. The van der Waals surface area contributed by atoms with Crippen molar-refractivity contribution in [1.82, 2.24) is 20.5 Å². The smallest absolute Gasteiger partial charge is 0.191 e. The second-order valence-corrected chi connectivity index (χ2v) is 8.88. The zero-order valence-electron chi connectivity index (χ0n) is 18.6. The van der Waals surface area contributed by atoms with E-state index in [0.717, 1.165) is 50.0 Å². The number of nitrogens with one attached hydrogen (secondary N) is 2. The van der Waals surface area contributed by atoms with Gasteiger partial charge in [0.2, 0.25) is 0 Å². The van der Waals surface area contributed by atoms with E-state index in [1.807, 2.05) is 19.2 Å². The van der Waals surface area contributed by atoms with Gasteiger partial charge in [-0.25, -0.2) is 4.98 Å². The van der Waals surface area contributed by atoms with Gasteiger partial charge >= 0.3 is 0 Å². The number of aliphatic imine (C=N–C) groups is 1. The molecule has 2 heterocycles. The molecule has 2 aromatic rings. The number of guanidine groups is 1. The van der Waals surface area contributed by atoms with Gasteiger partial charge in [-0.2, -0.15) is 0 Å². The molecule has 6 nitrogen and oxygen atoms in total. The van der Waals surface area contributed by atoms with Crippen molar-refractivity contribution in [2.45, 2.75) is 45.1 Å². The molecule has 1 aliphatic rings. The normalized spacial score (nSPS) is 16.1. The van der Waals surface area contributed by atoms with Crippen LogP contribution in [0.2, 0.25) is 0 Å². The van der Waals surface area contributed by atoms with E-state index in [4.69, 9.17) is 9.72 Å². The van der Waals surface area contributed by atoms with Gasteiger partial charge in [0, 0.05) is 37.9 Å². The minimum Gasteiger partial charge on any atom is -0.497 e. The monoisotopic (exact) mass is 429 g/mol. The van der Waals surface area contributed by atoms with Gasteiger partial charge in [0.1, 0.15) is 5.75 Å². The molecule has 0 saturated carbocycles. The van der Waals surface area contributed by atoms with Gasteiger partial charge in [0.15, 0.2) is 5.96 Å². The fourth-order valence-corrected chi connectivity index (χ4v) is 4.63. The van der Waals surface area contributed by atoms with Gasteiger partial charge < -0.3 is 15.4 Å². The van der Waals surface area contributed by atoms with E-state index in [9.17, 15) is 0 Å². The standard InChI is InChI=1S/C23H35N5OS/c1-17(2)22-27-19(16-30-22)11-12-25-23(24-3)26-15-21(28-13-5-6-14-28)18-7-9-20(29-4)10-8-18/h7-10,16-17,21H,5-6,11-15H2,1-4H3,(H2,24,25,26).